The summed E-state index contributed by atoms with van der Waals surface area (Å²) in [6, 6.07) is 21.5. The zero-order valence-electron chi connectivity index (χ0n) is 21.8. The van der Waals surface area contributed by atoms with Crippen molar-refractivity contribution in [2.24, 2.45) is 10.1 Å². The number of hydrogen-bond donors (Lipinski definition) is 2. The van der Waals surface area contributed by atoms with Crippen molar-refractivity contribution in [1.82, 2.24) is 5.32 Å². The third kappa shape index (κ3) is 6.09. The van der Waals surface area contributed by atoms with E-state index in [0.29, 0.717) is 29.9 Å². The average Bonchev–Trinajstić information content (AvgIpc) is 3.38. The quantitative estimate of drug-likeness (QED) is 0.145. The van der Waals surface area contributed by atoms with E-state index in [2.05, 4.69) is 15.3 Å². The van der Waals surface area contributed by atoms with Crippen molar-refractivity contribution in [1.29, 1.82) is 0 Å². The van der Waals surface area contributed by atoms with E-state index in [1.165, 1.54) is 19.2 Å². The lowest BCUT2D eigenvalue weighted by Crippen LogP contribution is -2.48. The van der Waals surface area contributed by atoms with Crippen LogP contribution in [0.15, 0.2) is 93.9 Å². The lowest BCUT2D eigenvalue weighted by Gasteiger charge is -2.30. The summed E-state index contributed by atoms with van der Waals surface area (Å²) in [6.45, 7) is 0.365. The van der Waals surface area contributed by atoms with Gasteiger partial charge in [0.25, 0.3) is 5.91 Å². The van der Waals surface area contributed by atoms with Crippen LogP contribution in [-0.4, -0.2) is 56.9 Å². The van der Waals surface area contributed by atoms with Crippen LogP contribution in [-0.2, 0) is 19.4 Å². The molecular weight excluding hydrogens is 534 g/mol. The van der Waals surface area contributed by atoms with Gasteiger partial charge in [0.15, 0.2) is 21.5 Å². The number of benzene rings is 3. The number of aliphatic imine (C=N–C) groups is 1. The third-order valence-electron chi connectivity index (χ3n) is 6.48. The van der Waals surface area contributed by atoms with Gasteiger partial charge in [-0.1, -0.05) is 47.6 Å². The predicted molar refractivity (Wildman–Crippen MR) is 149 cm³/mol. The fourth-order valence-corrected chi connectivity index (χ4v) is 5.84. The molecule has 0 radical (unpaired) electrons. The molecule has 0 saturated carbocycles. The number of aliphatic hydroxyl groups excluding tert-OH is 1. The molecule has 40 heavy (non-hydrogen) atoms. The molecule has 0 aromatic heterocycles. The minimum atomic E-state index is -3.77. The van der Waals surface area contributed by atoms with Gasteiger partial charge >= 0.3 is 0 Å². The van der Waals surface area contributed by atoms with E-state index in [1.807, 2.05) is 0 Å². The highest BCUT2D eigenvalue weighted by Gasteiger charge is 2.53. The summed E-state index contributed by atoms with van der Waals surface area (Å²) < 4.78 is 38.4. The summed E-state index contributed by atoms with van der Waals surface area (Å²) in [5.41, 5.74) is 8.62. The first kappa shape index (κ1) is 28.6. The molecule has 12 heteroatoms. The highest BCUT2D eigenvalue weighted by molar-refractivity contribution is 7.91. The van der Waals surface area contributed by atoms with E-state index in [-0.39, 0.29) is 35.3 Å². The molecule has 3 aromatic rings. The first-order chi connectivity index (χ1) is 19.3. The maximum absolute atomic E-state index is 13.6. The number of sulfone groups is 1. The Bertz CT molecular complexity index is 1520. The van der Waals surface area contributed by atoms with E-state index < -0.39 is 27.4 Å². The van der Waals surface area contributed by atoms with Gasteiger partial charge in [0.05, 0.1) is 17.3 Å². The van der Waals surface area contributed by atoms with Gasteiger partial charge in [-0.15, -0.1) is 0 Å². The molecule has 4 rings (SSSR count). The van der Waals surface area contributed by atoms with Crippen LogP contribution in [0, 0.1) is 0 Å². The van der Waals surface area contributed by atoms with Crippen molar-refractivity contribution in [2.75, 3.05) is 26.0 Å². The molecule has 0 aliphatic carbocycles. The molecule has 1 heterocycles. The number of aliphatic hydroxyl groups is 1. The molecule has 0 unspecified atom stereocenters. The number of likely N-dealkylation sites (N-methyl/N-ethyl adjacent to an activating group) is 1. The minimum Gasteiger partial charge on any atom is -0.494 e. The van der Waals surface area contributed by atoms with Crippen LogP contribution in [0.2, 0.25) is 0 Å². The number of amides is 1. The van der Waals surface area contributed by atoms with Crippen molar-refractivity contribution >= 4 is 27.3 Å². The maximum Gasteiger partial charge on any atom is 0.252 e. The maximum atomic E-state index is 13.6. The zero-order valence-corrected chi connectivity index (χ0v) is 22.6. The standard InChI is InChI=1S/C28H29N5O6S/c1-30-27(35)28(16-19-40(36,37)22-8-3-2-4-9-22)25(23-10-5-6-11-24(23)32-33-29)39-26(31-28)20-12-14-21(15-13-20)38-18-7-17-34/h2-6,8-15,25,34H,7,16-19H2,1H3,(H,30,35)/t25-,28-/m1/s1. The summed E-state index contributed by atoms with van der Waals surface area (Å²) in [5.74, 6) is -0.228. The number of nitrogens with zero attached hydrogens (tertiary/aromatic N) is 4. The summed E-state index contributed by atoms with van der Waals surface area (Å²) in [4.78, 5) is 21.3. The number of azide groups is 1. The average molecular weight is 564 g/mol. The van der Waals surface area contributed by atoms with Crippen molar-refractivity contribution in [3.05, 3.63) is 100 Å². The molecular formula is C28H29N5O6S. The normalized spacial score (nSPS) is 18.2. The van der Waals surface area contributed by atoms with E-state index >= 15 is 0 Å². The predicted octanol–water partition coefficient (Wildman–Crippen LogP) is 4.26. The highest BCUT2D eigenvalue weighted by atomic mass is 32.2. The van der Waals surface area contributed by atoms with Gasteiger partial charge < -0.3 is 19.9 Å². The largest absolute Gasteiger partial charge is 0.494 e. The SMILES string of the molecule is CNC(=O)[C@]1(CCS(=O)(=O)c2ccccc2)N=C(c2ccc(OCCCO)cc2)O[C@@H]1c1ccccc1N=[N+]=[N-]. The first-order valence-electron chi connectivity index (χ1n) is 12.6. The fourth-order valence-electron chi connectivity index (χ4n) is 4.45. The molecule has 2 atom stereocenters. The molecule has 208 valence electrons. The van der Waals surface area contributed by atoms with Crippen LogP contribution in [0.25, 0.3) is 10.4 Å². The topological polar surface area (TPSA) is 163 Å². The third-order valence-corrected chi connectivity index (χ3v) is 8.21. The van der Waals surface area contributed by atoms with Gasteiger partial charge in [-0.2, -0.15) is 0 Å². The fraction of sp³-hybridized carbons (Fsp3) is 0.286. The highest BCUT2D eigenvalue weighted by Crippen LogP contribution is 2.45. The van der Waals surface area contributed by atoms with Gasteiger partial charge in [0, 0.05) is 48.2 Å². The molecule has 0 fully saturated rings. The Kier molecular flexibility index (Phi) is 9.05. The number of carbonyl (C=O) groups is 1. The van der Waals surface area contributed by atoms with Crippen LogP contribution in [0.1, 0.15) is 30.1 Å². The van der Waals surface area contributed by atoms with Crippen LogP contribution >= 0.6 is 0 Å². The smallest absolute Gasteiger partial charge is 0.252 e. The first-order valence-corrected chi connectivity index (χ1v) is 14.2. The molecule has 1 aliphatic heterocycles. The number of ether oxygens (including phenoxy) is 2. The monoisotopic (exact) mass is 563 g/mol. The van der Waals surface area contributed by atoms with E-state index in [0.717, 1.165) is 0 Å². The van der Waals surface area contributed by atoms with E-state index in [9.17, 15) is 13.2 Å². The summed E-state index contributed by atoms with van der Waals surface area (Å²) in [7, 11) is -2.33. The Balaban J connectivity index is 1.78. The Morgan fingerprint density at radius 3 is 2.50 bits per heavy atom. The molecule has 1 aliphatic rings. The van der Waals surface area contributed by atoms with Crippen molar-refractivity contribution in [3.63, 3.8) is 0 Å². The van der Waals surface area contributed by atoms with Crippen LogP contribution in [0.5, 0.6) is 5.75 Å². The van der Waals surface area contributed by atoms with Crippen LogP contribution in [0.4, 0.5) is 5.69 Å². The van der Waals surface area contributed by atoms with Crippen LogP contribution < -0.4 is 10.1 Å². The van der Waals surface area contributed by atoms with Crippen LogP contribution in [0.3, 0.4) is 0 Å². The second-order valence-corrected chi connectivity index (χ2v) is 11.1. The second-order valence-electron chi connectivity index (χ2n) is 9.00. The number of carbonyl (C=O) groups excluding carboxylic acids is 1. The van der Waals surface area contributed by atoms with E-state index in [1.54, 1.807) is 66.7 Å². The second kappa shape index (κ2) is 12.6. The molecule has 0 saturated heterocycles. The van der Waals surface area contributed by atoms with Crippen molar-refractivity contribution < 1.29 is 27.8 Å². The lowest BCUT2D eigenvalue weighted by atomic mass is 9.84. The molecule has 1 amide bonds. The van der Waals surface area contributed by atoms with Gasteiger partial charge in [-0.3, -0.25) is 4.79 Å². The lowest BCUT2D eigenvalue weighted by molar-refractivity contribution is -0.128. The summed E-state index contributed by atoms with van der Waals surface area (Å²) in [5, 5.41) is 15.4. The van der Waals surface area contributed by atoms with Gasteiger partial charge in [-0.25, -0.2) is 13.4 Å². The molecule has 0 spiro atoms. The molecule has 3 aromatic carbocycles. The van der Waals surface area contributed by atoms with Gasteiger partial charge in [0.2, 0.25) is 5.90 Å². The van der Waals surface area contributed by atoms with E-state index in [4.69, 9.17) is 25.1 Å². The molecule has 2 N–H and O–H groups in total. The van der Waals surface area contributed by atoms with Crippen molar-refractivity contribution in [3.8, 4) is 5.75 Å². The number of rotatable bonds is 12. The Hall–Kier alpha value is -4.38. The van der Waals surface area contributed by atoms with Gasteiger partial charge in [0.1, 0.15) is 5.75 Å². The molecule has 0 bridgehead atoms. The summed E-state index contributed by atoms with van der Waals surface area (Å²) in [6.07, 6.45) is -0.800. The van der Waals surface area contributed by atoms with Crippen molar-refractivity contribution in [2.45, 2.75) is 29.4 Å². The zero-order chi connectivity index (χ0) is 28.6. The molecule has 11 nitrogen and oxygen atoms in total. The Labute approximate surface area is 232 Å². The minimum absolute atomic E-state index is 0.0169. The Morgan fingerprint density at radius 1 is 1.12 bits per heavy atom. The summed E-state index contributed by atoms with van der Waals surface area (Å²) >= 11 is 0. The Morgan fingerprint density at radius 2 is 1.82 bits per heavy atom. The number of nitrogens with one attached hydrogen (secondary N) is 1. The number of hydrogen-bond acceptors (Lipinski definition) is 8. The van der Waals surface area contributed by atoms with Gasteiger partial charge in [-0.05, 0) is 41.9 Å².